The summed E-state index contributed by atoms with van der Waals surface area (Å²) in [5.41, 5.74) is 7.94. The minimum atomic E-state index is -0.736. The molecule has 2 aromatic heterocycles. The van der Waals surface area contributed by atoms with Crippen molar-refractivity contribution in [3.63, 3.8) is 0 Å². The number of pyridine rings is 1. The van der Waals surface area contributed by atoms with Crippen LogP contribution in [0.4, 0.5) is 0 Å². The Morgan fingerprint density at radius 1 is 0.872 bits per heavy atom. The molecule has 6 rings (SSSR count). The predicted molar refractivity (Wildman–Crippen MR) is 150 cm³/mol. The van der Waals surface area contributed by atoms with E-state index in [1.54, 1.807) is 7.11 Å². The second-order valence-electron chi connectivity index (χ2n) is 10.0. The molecule has 0 unspecified atom stereocenters. The van der Waals surface area contributed by atoms with Gasteiger partial charge < -0.3 is 14.4 Å². The normalized spacial score (nSPS) is 13.7. The standard InChI is InChI=1S/C33H28N2O4/c1-21-29(20-27-4-3-5-30(34-27)24-12-16-28(38-2)17-13-24)31(39-35-21)25-8-6-22(7-9-25)23-10-14-26(15-11-23)33(18-19-33)32(36)37/h3-17H,18-20H2,1-2H3,(H,36,37). The lowest BCUT2D eigenvalue weighted by Crippen LogP contribution is -2.19. The zero-order chi connectivity index (χ0) is 27.0. The first kappa shape index (κ1) is 24.6. The van der Waals surface area contributed by atoms with Crippen molar-refractivity contribution in [3.05, 3.63) is 114 Å². The first-order valence-electron chi connectivity index (χ1n) is 13.0. The van der Waals surface area contributed by atoms with Gasteiger partial charge in [0.1, 0.15) is 5.75 Å². The van der Waals surface area contributed by atoms with E-state index in [9.17, 15) is 9.90 Å². The number of methoxy groups -OCH3 is 1. The van der Waals surface area contributed by atoms with Crippen LogP contribution in [-0.4, -0.2) is 28.3 Å². The predicted octanol–water partition coefficient (Wildman–Crippen LogP) is 7.09. The van der Waals surface area contributed by atoms with Crippen LogP contribution in [0.15, 0.2) is 95.5 Å². The van der Waals surface area contributed by atoms with Gasteiger partial charge in [-0.2, -0.15) is 0 Å². The molecule has 1 aliphatic carbocycles. The fraction of sp³-hybridized carbons (Fsp3) is 0.182. The van der Waals surface area contributed by atoms with Gasteiger partial charge in [-0.25, -0.2) is 0 Å². The lowest BCUT2D eigenvalue weighted by molar-refractivity contribution is -0.140. The molecule has 1 N–H and O–H groups in total. The monoisotopic (exact) mass is 516 g/mol. The summed E-state index contributed by atoms with van der Waals surface area (Å²) in [6, 6.07) is 30.0. The molecular weight excluding hydrogens is 488 g/mol. The van der Waals surface area contributed by atoms with Crippen LogP contribution in [0, 0.1) is 6.92 Å². The van der Waals surface area contributed by atoms with E-state index in [-0.39, 0.29) is 0 Å². The second kappa shape index (κ2) is 9.87. The van der Waals surface area contributed by atoms with E-state index in [0.717, 1.165) is 62.0 Å². The van der Waals surface area contributed by atoms with Gasteiger partial charge in [-0.05, 0) is 72.9 Å². The van der Waals surface area contributed by atoms with Crippen molar-refractivity contribution in [1.82, 2.24) is 10.1 Å². The summed E-state index contributed by atoms with van der Waals surface area (Å²) in [6.45, 7) is 1.95. The van der Waals surface area contributed by atoms with E-state index >= 15 is 0 Å². The van der Waals surface area contributed by atoms with Crippen LogP contribution < -0.4 is 4.74 Å². The van der Waals surface area contributed by atoms with Gasteiger partial charge in [-0.1, -0.05) is 59.8 Å². The molecule has 1 fully saturated rings. The molecule has 2 heterocycles. The van der Waals surface area contributed by atoms with Crippen LogP contribution in [-0.2, 0) is 16.6 Å². The molecule has 0 aliphatic heterocycles. The number of aryl methyl sites for hydroxylation is 1. The molecular formula is C33H28N2O4. The number of hydrogen-bond donors (Lipinski definition) is 1. The summed E-state index contributed by atoms with van der Waals surface area (Å²) >= 11 is 0. The van der Waals surface area contributed by atoms with E-state index in [0.29, 0.717) is 19.3 Å². The number of hydrogen-bond acceptors (Lipinski definition) is 5. The second-order valence-corrected chi connectivity index (χ2v) is 10.0. The number of aliphatic carboxylic acids is 1. The Balaban J connectivity index is 1.23. The van der Waals surface area contributed by atoms with Gasteiger partial charge in [-0.3, -0.25) is 9.78 Å². The highest BCUT2D eigenvalue weighted by atomic mass is 16.5. The SMILES string of the molecule is COc1ccc(-c2cccc(Cc3c(C)noc3-c3ccc(-c4ccc(C5(C(=O)O)CC5)cc4)cc3)n2)cc1. The molecule has 5 aromatic rings. The van der Waals surface area contributed by atoms with Crippen molar-refractivity contribution in [2.45, 2.75) is 31.6 Å². The Morgan fingerprint density at radius 2 is 1.49 bits per heavy atom. The molecule has 1 saturated carbocycles. The minimum Gasteiger partial charge on any atom is -0.497 e. The van der Waals surface area contributed by atoms with E-state index in [4.69, 9.17) is 14.2 Å². The molecule has 0 bridgehead atoms. The number of benzene rings is 3. The van der Waals surface area contributed by atoms with E-state index in [1.807, 2.05) is 85.8 Å². The van der Waals surface area contributed by atoms with Gasteiger partial charge in [0.05, 0.1) is 23.9 Å². The van der Waals surface area contributed by atoms with E-state index < -0.39 is 11.4 Å². The fourth-order valence-corrected chi connectivity index (χ4v) is 5.05. The molecule has 6 nitrogen and oxygen atoms in total. The maximum atomic E-state index is 11.6. The Morgan fingerprint density at radius 3 is 2.10 bits per heavy atom. The van der Waals surface area contributed by atoms with Crippen LogP contribution in [0.25, 0.3) is 33.7 Å². The number of carboxylic acids is 1. The van der Waals surface area contributed by atoms with Crippen molar-refractivity contribution in [2.75, 3.05) is 7.11 Å². The fourth-order valence-electron chi connectivity index (χ4n) is 5.05. The van der Waals surface area contributed by atoms with Gasteiger partial charge >= 0.3 is 5.97 Å². The number of aromatic nitrogens is 2. The first-order valence-corrected chi connectivity index (χ1v) is 13.0. The molecule has 39 heavy (non-hydrogen) atoms. The Hall–Kier alpha value is -4.71. The average molecular weight is 517 g/mol. The van der Waals surface area contributed by atoms with E-state index in [2.05, 4.69) is 17.3 Å². The third kappa shape index (κ3) is 4.70. The van der Waals surface area contributed by atoms with Gasteiger partial charge in [0.15, 0.2) is 5.76 Å². The van der Waals surface area contributed by atoms with Gasteiger partial charge in [0.2, 0.25) is 0 Å². The average Bonchev–Trinajstić information content (AvgIpc) is 3.73. The maximum Gasteiger partial charge on any atom is 0.314 e. The largest absolute Gasteiger partial charge is 0.497 e. The van der Waals surface area contributed by atoms with Crippen LogP contribution in [0.2, 0.25) is 0 Å². The van der Waals surface area contributed by atoms with Crippen molar-refractivity contribution >= 4 is 5.97 Å². The molecule has 6 heteroatoms. The molecule has 3 aromatic carbocycles. The number of carboxylic acid groups (broad SMARTS) is 1. The number of rotatable bonds is 8. The van der Waals surface area contributed by atoms with Gasteiger partial charge in [0.25, 0.3) is 0 Å². The number of carbonyl (C=O) groups is 1. The van der Waals surface area contributed by atoms with Crippen molar-refractivity contribution in [2.24, 2.45) is 0 Å². The lowest BCUT2D eigenvalue weighted by atomic mass is 9.93. The zero-order valence-corrected chi connectivity index (χ0v) is 21.8. The van der Waals surface area contributed by atoms with Crippen molar-refractivity contribution in [1.29, 1.82) is 0 Å². The van der Waals surface area contributed by atoms with Crippen LogP contribution >= 0.6 is 0 Å². The number of ether oxygens (including phenoxy) is 1. The molecule has 1 aliphatic rings. The molecule has 0 saturated heterocycles. The zero-order valence-electron chi connectivity index (χ0n) is 21.8. The Kier molecular flexibility index (Phi) is 6.23. The molecule has 194 valence electrons. The summed E-state index contributed by atoms with van der Waals surface area (Å²) in [5, 5.41) is 13.8. The van der Waals surface area contributed by atoms with Crippen LogP contribution in [0.5, 0.6) is 5.75 Å². The van der Waals surface area contributed by atoms with Crippen LogP contribution in [0.3, 0.4) is 0 Å². The quantitative estimate of drug-likeness (QED) is 0.237. The lowest BCUT2D eigenvalue weighted by Gasteiger charge is -2.11. The summed E-state index contributed by atoms with van der Waals surface area (Å²) in [7, 11) is 1.66. The third-order valence-electron chi connectivity index (χ3n) is 7.61. The first-order chi connectivity index (χ1) is 19.0. The van der Waals surface area contributed by atoms with Gasteiger partial charge in [-0.15, -0.1) is 0 Å². The molecule has 0 spiro atoms. The van der Waals surface area contributed by atoms with E-state index in [1.165, 1.54) is 0 Å². The smallest absolute Gasteiger partial charge is 0.314 e. The highest BCUT2D eigenvalue weighted by Crippen LogP contribution is 2.48. The van der Waals surface area contributed by atoms with Crippen molar-refractivity contribution in [3.8, 4) is 39.5 Å². The highest BCUT2D eigenvalue weighted by molar-refractivity contribution is 5.85. The molecule has 0 radical (unpaired) electrons. The Labute approximate surface area is 226 Å². The van der Waals surface area contributed by atoms with Crippen molar-refractivity contribution < 1.29 is 19.2 Å². The summed E-state index contributed by atoms with van der Waals surface area (Å²) in [5.74, 6) is 0.816. The van der Waals surface area contributed by atoms with Gasteiger partial charge in [0, 0.05) is 28.8 Å². The number of nitrogens with zero attached hydrogens (tertiary/aromatic N) is 2. The maximum absolute atomic E-state index is 11.6. The van der Waals surface area contributed by atoms with Crippen LogP contribution in [0.1, 0.15) is 35.4 Å². The summed E-state index contributed by atoms with van der Waals surface area (Å²) in [6.07, 6.45) is 2.01. The summed E-state index contributed by atoms with van der Waals surface area (Å²) in [4.78, 5) is 16.5. The molecule has 0 amide bonds. The third-order valence-corrected chi connectivity index (χ3v) is 7.61. The topological polar surface area (TPSA) is 85.5 Å². The minimum absolute atomic E-state index is 0.600. The highest BCUT2D eigenvalue weighted by Gasteiger charge is 2.51. The Bertz CT molecular complexity index is 1630. The molecule has 0 atom stereocenters. The summed E-state index contributed by atoms with van der Waals surface area (Å²) < 4.78 is 11.0.